The molecule has 3 N–H and O–H groups in total. The maximum Gasteiger partial charge on any atom is 0.220 e. The van der Waals surface area contributed by atoms with Gasteiger partial charge in [-0.25, -0.2) is 13.1 Å². The number of nitrogens with one attached hydrogen (secondary N) is 1. The largest absolute Gasteiger partial charge is 0.392 e. The van der Waals surface area contributed by atoms with Crippen LogP contribution in [-0.2, 0) is 10.0 Å². The van der Waals surface area contributed by atoms with E-state index in [-0.39, 0.29) is 4.99 Å². The number of nitrogens with two attached hydrogens (primary N) is 1. The summed E-state index contributed by atoms with van der Waals surface area (Å²) >= 11 is 6.62. The smallest absolute Gasteiger partial charge is 0.220 e. The summed E-state index contributed by atoms with van der Waals surface area (Å²) in [6.07, 6.45) is 2.16. The standard InChI is InChI=1S/C9H18N2O2S3/c1-7(9(10)14)16(12,13)11-6-8-2-4-15-5-3-8/h7-8,11H,2-6H2,1H3,(H2,10,14). The van der Waals surface area contributed by atoms with Crippen molar-refractivity contribution in [1.29, 1.82) is 0 Å². The molecule has 1 aliphatic heterocycles. The van der Waals surface area contributed by atoms with Crippen molar-refractivity contribution in [1.82, 2.24) is 4.72 Å². The molecule has 1 aliphatic rings. The highest BCUT2D eigenvalue weighted by molar-refractivity contribution is 7.99. The molecule has 16 heavy (non-hydrogen) atoms. The minimum absolute atomic E-state index is 0.0201. The third-order valence-corrected chi connectivity index (χ3v) is 6.09. The van der Waals surface area contributed by atoms with Gasteiger partial charge >= 0.3 is 0 Å². The normalized spacial score (nSPS) is 20.6. The van der Waals surface area contributed by atoms with Crippen molar-refractivity contribution in [2.24, 2.45) is 11.7 Å². The molecule has 7 heteroatoms. The SMILES string of the molecule is CC(C(N)=S)S(=O)(=O)NCC1CCSCC1. The molecule has 0 aliphatic carbocycles. The second-order valence-corrected chi connectivity index (χ2v) is 7.78. The lowest BCUT2D eigenvalue weighted by atomic mass is 10.0. The molecule has 4 nitrogen and oxygen atoms in total. The predicted octanol–water partition coefficient (Wildman–Crippen LogP) is 0.724. The van der Waals surface area contributed by atoms with Gasteiger partial charge in [-0.05, 0) is 37.2 Å². The lowest BCUT2D eigenvalue weighted by molar-refractivity contribution is 0.476. The average molecular weight is 282 g/mol. The first-order valence-corrected chi connectivity index (χ1v) is 8.40. The lowest BCUT2D eigenvalue weighted by Gasteiger charge is -2.22. The van der Waals surface area contributed by atoms with Crippen LogP contribution >= 0.6 is 24.0 Å². The summed E-state index contributed by atoms with van der Waals surface area (Å²) in [6, 6.07) is 0. The van der Waals surface area contributed by atoms with E-state index >= 15 is 0 Å². The van der Waals surface area contributed by atoms with Crippen molar-refractivity contribution in [3.63, 3.8) is 0 Å². The Balaban J connectivity index is 2.44. The van der Waals surface area contributed by atoms with Gasteiger partial charge in [-0.3, -0.25) is 0 Å². The summed E-state index contributed by atoms with van der Waals surface area (Å²) in [5.74, 6) is 2.70. The van der Waals surface area contributed by atoms with Gasteiger partial charge in [0.15, 0.2) is 0 Å². The molecule has 0 radical (unpaired) electrons. The summed E-state index contributed by atoms with van der Waals surface area (Å²) in [5.41, 5.74) is 5.34. The van der Waals surface area contributed by atoms with Crippen molar-refractivity contribution in [3.8, 4) is 0 Å². The third kappa shape index (κ3) is 4.20. The molecule has 0 aromatic rings. The second kappa shape index (κ2) is 6.18. The summed E-state index contributed by atoms with van der Waals surface area (Å²) in [5, 5.41) is -0.791. The second-order valence-electron chi connectivity index (χ2n) is 3.99. The van der Waals surface area contributed by atoms with Crippen LogP contribution in [0.25, 0.3) is 0 Å². The molecule has 1 atom stereocenters. The monoisotopic (exact) mass is 282 g/mol. The van der Waals surface area contributed by atoms with E-state index in [0.29, 0.717) is 12.5 Å². The van der Waals surface area contributed by atoms with Crippen molar-refractivity contribution in [2.75, 3.05) is 18.1 Å². The quantitative estimate of drug-likeness (QED) is 0.727. The molecule has 1 fully saturated rings. The molecule has 1 heterocycles. The molecular formula is C9H18N2O2S3. The van der Waals surface area contributed by atoms with Crippen LogP contribution in [0.5, 0.6) is 0 Å². The number of sulfonamides is 1. The molecule has 0 bridgehead atoms. The summed E-state index contributed by atoms with van der Waals surface area (Å²) in [7, 11) is -3.38. The van der Waals surface area contributed by atoms with Gasteiger partial charge in [0, 0.05) is 6.54 Å². The average Bonchev–Trinajstić information content (AvgIpc) is 2.27. The van der Waals surface area contributed by atoms with Crippen LogP contribution in [0.4, 0.5) is 0 Å². The van der Waals surface area contributed by atoms with Gasteiger partial charge in [0.05, 0.1) is 4.99 Å². The number of hydrogen-bond donors (Lipinski definition) is 2. The zero-order valence-electron chi connectivity index (χ0n) is 9.31. The van der Waals surface area contributed by atoms with E-state index in [9.17, 15) is 8.42 Å². The van der Waals surface area contributed by atoms with E-state index in [1.54, 1.807) is 0 Å². The Morgan fingerprint density at radius 2 is 2.12 bits per heavy atom. The van der Waals surface area contributed by atoms with Crippen LogP contribution in [0.15, 0.2) is 0 Å². The van der Waals surface area contributed by atoms with E-state index in [2.05, 4.69) is 4.72 Å². The molecule has 0 spiro atoms. The lowest BCUT2D eigenvalue weighted by Crippen LogP contribution is -2.42. The Bertz CT molecular complexity index is 337. The fourth-order valence-electron chi connectivity index (χ4n) is 1.46. The first-order chi connectivity index (χ1) is 7.43. The first kappa shape index (κ1) is 14.2. The Kier molecular flexibility index (Phi) is 5.49. The maximum absolute atomic E-state index is 11.7. The summed E-state index contributed by atoms with van der Waals surface area (Å²) in [4.78, 5) is 0.0201. The highest BCUT2D eigenvalue weighted by atomic mass is 32.2. The summed E-state index contributed by atoms with van der Waals surface area (Å²) in [6.45, 7) is 2.03. The molecule has 0 aromatic carbocycles. The molecule has 1 rings (SSSR count). The number of thiocarbonyl (C=S) groups is 1. The number of rotatable bonds is 5. The Morgan fingerprint density at radius 3 is 2.62 bits per heavy atom. The molecule has 1 saturated heterocycles. The number of hydrogen-bond acceptors (Lipinski definition) is 4. The van der Waals surface area contributed by atoms with Crippen LogP contribution in [0.1, 0.15) is 19.8 Å². The topological polar surface area (TPSA) is 72.2 Å². The zero-order valence-corrected chi connectivity index (χ0v) is 11.8. The van der Waals surface area contributed by atoms with Gasteiger partial charge in [0.2, 0.25) is 10.0 Å². The van der Waals surface area contributed by atoms with Gasteiger partial charge in [0.1, 0.15) is 5.25 Å². The molecule has 0 amide bonds. The summed E-state index contributed by atoms with van der Waals surface area (Å²) < 4.78 is 26.1. The van der Waals surface area contributed by atoms with E-state index in [0.717, 1.165) is 24.3 Å². The van der Waals surface area contributed by atoms with Crippen LogP contribution < -0.4 is 10.5 Å². The van der Waals surface area contributed by atoms with Crippen LogP contribution in [0.3, 0.4) is 0 Å². The fraction of sp³-hybridized carbons (Fsp3) is 0.889. The van der Waals surface area contributed by atoms with Crippen LogP contribution in [-0.4, -0.2) is 36.7 Å². The fourth-order valence-corrected chi connectivity index (χ4v) is 4.07. The highest BCUT2D eigenvalue weighted by Gasteiger charge is 2.24. The van der Waals surface area contributed by atoms with E-state index in [1.165, 1.54) is 6.92 Å². The van der Waals surface area contributed by atoms with Gasteiger partial charge < -0.3 is 5.73 Å². The van der Waals surface area contributed by atoms with Crippen molar-refractivity contribution >= 4 is 39.0 Å². The molecule has 94 valence electrons. The van der Waals surface area contributed by atoms with E-state index < -0.39 is 15.3 Å². The Morgan fingerprint density at radius 1 is 1.56 bits per heavy atom. The molecule has 1 unspecified atom stereocenters. The minimum atomic E-state index is -3.38. The van der Waals surface area contributed by atoms with Gasteiger partial charge in [-0.15, -0.1) is 0 Å². The van der Waals surface area contributed by atoms with Gasteiger partial charge in [-0.1, -0.05) is 12.2 Å². The minimum Gasteiger partial charge on any atom is -0.392 e. The Labute approximate surface area is 107 Å². The van der Waals surface area contributed by atoms with Crippen molar-refractivity contribution in [2.45, 2.75) is 25.0 Å². The van der Waals surface area contributed by atoms with Crippen molar-refractivity contribution < 1.29 is 8.42 Å². The Hall–Kier alpha value is 0.150. The molecule has 0 aromatic heterocycles. The van der Waals surface area contributed by atoms with E-state index in [4.69, 9.17) is 18.0 Å². The molecule has 0 saturated carbocycles. The van der Waals surface area contributed by atoms with Crippen molar-refractivity contribution in [3.05, 3.63) is 0 Å². The van der Waals surface area contributed by atoms with Gasteiger partial charge in [0.25, 0.3) is 0 Å². The maximum atomic E-state index is 11.7. The third-order valence-electron chi connectivity index (χ3n) is 2.78. The van der Waals surface area contributed by atoms with E-state index in [1.807, 2.05) is 11.8 Å². The highest BCUT2D eigenvalue weighted by Crippen LogP contribution is 2.22. The predicted molar refractivity (Wildman–Crippen MR) is 73.2 cm³/mol. The number of thioether (sulfide) groups is 1. The first-order valence-electron chi connectivity index (χ1n) is 5.29. The van der Waals surface area contributed by atoms with Crippen LogP contribution in [0, 0.1) is 5.92 Å². The zero-order chi connectivity index (χ0) is 12.2. The molecular weight excluding hydrogens is 264 g/mol. The van der Waals surface area contributed by atoms with Crippen LogP contribution in [0.2, 0.25) is 0 Å². The van der Waals surface area contributed by atoms with Gasteiger partial charge in [-0.2, -0.15) is 11.8 Å².